The minimum Gasteiger partial charge on any atom is -0.368 e. The number of carbonyl (C=O) groups excluding carboxylic acids is 1. The Kier molecular flexibility index (Phi) is 5.36. The third kappa shape index (κ3) is 4.39. The summed E-state index contributed by atoms with van der Waals surface area (Å²) in [6.07, 6.45) is 0. The predicted octanol–water partition coefficient (Wildman–Crippen LogP) is 2.60. The largest absolute Gasteiger partial charge is 0.368 e. The maximum Gasteiger partial charge on any atom is 0.261 e. The van der Waals surface area contributed by atoms with Crippen LogP contribution in [0.1, 0.15) is 12.5 Å². The van der Waals surface area contributed by atoms with Crippen LogP contribution >= 0.6 is 0 Å². The van der Waals surface area contributed by atoms with Crippen molar-refractivity contribution in [2.75, 3.05) is 35.8 Å². The zero-order chi connectivity index (χ0) is 19.6. The van der Waals surface area contributed by atoms with Crippen LogP contribution in [0.4, 0.5) is 15.8 Å². The molecule has 0 aliphatic carbocycles. The molecule has 0 bridgehead atoms. The molecule has 1 amide bonds. The first-order chi connectivity index (χ1) is 12.8. The zero-order valence-corrected chi connectivity index (χ0v) is 16.1. The summed E-state index contributed by atoms with van der Waals surface area (Å²) in [6.45, 7) is 5.91. The summed E-state index contributed by atoms with van der Waals surface area (Å²) in [5.41, 5.74) is 1.68. The van der Waals surface area contributed by atoms with Crippen molar-refractivity contribution in [2.45, 2.75) is 18.7 Å². The van der Waals surface area contributed by atoms with Crippen molar-refractivity contribution < 1.29 is 17.6 Å². The molecule has 1 aliphatic rings. The number of piperazine rings is 1. The van der Waals surface area contributed by atoms with Crippen molar-refractivity contribution >= 4 is 27.3 Å². The molecule has 2 aromatic rings. The molecule has 1 saturated heterocycles. The van der Waals surface area contributed by atoms with Crippen LogP contribution in [0.15, 0.2) is 47.4 Å². The molecule has 0 saturated carbocycles. The maximum absolute atomic E-state index is 13.4. The van der Waals surface area contributed by atoms with Crippen molar-refractivity contribution in [2.24, 2.45) is 0 Å². The molecule has 3 rings (SSSR count). The minimum atomic E-state index is -3.78. The van der Waals surface area contributed by atoms with Crippen molar-refractivity contribution in [3.8, 4) is 0 Å². The van der Waals surface area contributed by atoms with Gasteiger partial charge in [-0.2, -0.15) is 0 Å². The van der Waals surface area contributed by atoms with Gasteiger partial charge in [0.1, 0.15) is 5.82 Å². The number of sulfonamides is 1. The molecule has 0 aromatic heterocycles. The van der Waals surface area contributed by atoms with E-state index >= 15 is 0 Å². The Morgan fingerprint density at radius 2 is 1.67 bits per heavy atom. The van der Waals surface area contributed by atoms with Gasteiger partial charge in [-0.15, -0.1) is 0 Å². The number of carbonyl (C=O) groups is 1. The lowest BCUT2D eigenvalue weighted by Crippen LogP contribution is -2.48. The first-order valence-electron chi connectivity index (χ1n) is 8.66. The van der Waals surface area contributed by atoms with Gasteiger partial charge >= 0.3 is 0 Å². The number of nitrogens with zero attached hydrogens (tertiary/aromatic N) is 2. The summed E-state index contributed by atoms with van der Waals surface area (Å²) in [5.74, 6) is -0.362. The summed E-state index contributed by atoms with van der Waals surface area (Å²) in [5, 5.41) is 0. The third-order valence-electron chi connectivity index (χ3n) is 4.65. The molecule has 6 nitrogen and oxygen atoms in total. The van der Waals surface area contributed by atoms with Gasteiger partial charge in [-0.05, 0) is 55.0 Å². The number of nitrogens with one attached hydrogen (secondary N) is 1. The number of rotatable bonds is 4. The van der Waals surface area contributed by atoms with Crippen LogP contribution in [0.2, 0.25) is 0 Å². The second-order valence-electron chi connectivity index (χ2n) is 6.56. The van der Waals surface area contributed by atoms with Gasteiger partial charge in [-0.1, -0.05) is 0 Å². The second kappa shape index (κ2) is 7.56. The molecule has 1 aliphatic heterocycles. The SMILES string of the molecule is CC(=O)N1CCN(c2ccc(NS(=O)(=O)c3ccc(F)c(C)c3)cc2)CC1. The van der Waals surface area contributed by atoms with Gasteiger partial charge in [-0.3, -0.25) is 9.52 Å². The third-order valence-corrected chi connectivity index (χ3v) is 6.03. The van der Waals surface area contributed by atoms with Gasteiger partial charge < -0.3 is 9.80 Å². The van der Waals surface area contributed by atoms with Crippen LogP contribution in [0.3, 0.4) is 0 Å². The standard InChI is InChI=1S/C19H22FN3O3S/c1-14-13-18(7-8-19(14)20)27(25,26)21-16-3-5-17(6-4-16)23-11-9-22(10-12-23)15(2)24/h3-8,13,21H,9-12H2,1-2H3. The van der Waals surface area contributed by atoms with E-state index in [2.05, 4.69) is 9.62 Å². The number of anilines is 2. The van der Waals surface area contributed by atoms with Crippen LogP contribution in [0.5, 0.6) is 0 Å². The minimum absolute atomic E-state index is 0.0193. The number of halogens is 1. The lowest BCUT2D eigenvalue weighted by atomic mass is 10.2. The number of amides is 1. The Balaban J connectivity index is 1.68. The summed E-state index contributed by atoms with van der Waals surface area (Å²) in [7, 11) is -3.78. The molecule has 0 radical (unpaired) electrons. The van der Waals surface area contributed by atoms with Crippen molar-refractivity contribution in [1.82, 2.24) is 4.90 Å². The summed E-state index contributed by atoms with van der Waals surface area (Å²) >= 11 is 0. The summed E-state index contributed by atoms with van der Waals surface area (Å²) in [6, 6.07) is 10.8. The Morgan fingerprint density at radius 3 is 2.22 bits per heavy atom. The maximum atomic E-state index is 13.4. The van der Waals surface area contributed by atoms with E-state index in [0.717, 1.165) is 24.8 Å². The average Bonchev–Trinajstić information content (AvgIpc) is 2.64. The molecule has 0 spiro atoms. The van der Waals surface area contributed by atoms with Crippen LogP contribution < -0.4 is 9.62 Å². The summed E-state index contributed by atoms with van der Waals surface area (Å²) < 4.78 is 40.8. The highest BCUT2D eigenvalue weighted by molar-refractivity contribution is 7.92. The molecular formula is C19H22FN3O3S. The summed E-state index contributed by atoms with van der Waals surface area (Å²) in [4.78, 5) is 15.4. The topological polar surface area (TPSA) is 69.7 Å². The molecule has 1 fully saturated rings. The van der Waals surface area contributed by atoms with Crippen molar-refractivity contribution in [1.29, 1.82) is 0 Å². The molecule has 1 heterocycles. The molecule has 27 heavy (non-hydrogen) atoms. The molecule has 1 N–H and O–H groups in total. The van der Waals surface area contributed by atoms with Crippen LogP contribution in [-0.4, -0.2) is 45.4 Å². The lowest BCUT2D eigenvalue weighted by molar-refractivity contribution is -0.129. The van der Waals surface area contributed by atoms with Crippen LogP contribution in [-0.2, 0) is 14.8 Å². The van der Waals surface area contributed by atoms with Gasteiger partial charge in [0, 0.05) is 44.5 Å². The Morgan fingerprint density at radius 1 is 1.04 bits per heavy atom. The van der Waals surface area contributed by atoms with E-state index in [9.17, 15) is 17.6 Å². The van der Waals surface area contributed by atoms with E-state index < -0.39 is 15.8 Å². The highest BCUT2D eigenvalue weighted by Gasteiger charge is 2.19. The molecule has 0 unspecified atom stereocenters. The Hall–Kier alpha value is -2.61. The van der Waals surface area contributed by atoms with Gasteiger partial charge in [-0.25, -0.2) is 12.8 Å². The fourth-order valence-corrected chi connectivity index (χ4v) is 4.16. The van der Waals surface area contributed by atoms with Crippen molar-refractivity contribution in [3.63, 3.8) is 0 Å². The number of benzene rings is 2. The van der Waals surface area contributed by atoms with Gasteiger partial charge in [0.15, 0.2) is 0 Å². The Labute approximate surface area is 158 Å². The highest BCUT2D eigenvalue weighted by Crippen LogP contribution is 2.22. The number of aryl methyl sites for hydroxylation is 1. The first-order valence-corrected chi connectivity index (χ1v) is 10.1. The average molecular weight is 391 g/mol. The predicted molar refractivity (Wildman–Crippen MR) is 103 cm³/mol. The van der Waals surface area contributed by atoms with Gasteiger partial charge in [0.25, 0.3) is 10.0 Å². The van der Waals surface area contributed by atoms with E-state index in [1.165, 1.54) is 19.1 Å². The molecule has 0 atom stereocenters. The zero-order valence-electron chi connectivity index (χ0n) is 15.3. The van der Waals surface area contributed by atoms with E-state index in [-0.39, 0.29) is 16.4 Å². The second-order valence-corrected chi connectivity index (χ2v) is 8.24. The van der Waals surface area contributed by atoms with Gasteiger partial charge in [0.2, 0.25) is 5.91 Å². The Bertz CT molecular complexity index is 937. The molecular weight excluding hydrogens is 369 g/mol. The molecule has 8 heteroatoms. The quantitative estimate of drug-likeness (QED) is 0.870. The van der Waals surface area contributed by atoms with Crippen molar-refractivity contribution in [3.05, 3.63) is 53.8 Å². The van der Waals surface area contributed by atoms with Crippen LogP contribution in [0, 0.1) is 12.7 Å². The lowest BCUT2D eigenvalue weighted by Gasteiger charge is -2.35. The monoisotopic (exact) mass is 391 g/mol. The van der Waals surface area contributed by atoms with E-state index in [0.29, 0.717) is 18.8 Å². The molecule has 144 valence electrons. The number of hydrogen-bond donors (Lipinski definition) is 1. The highest BCUT2D eigenvalue weighted by atomic mass is 32.2. The van der Waals surface area contributed by atoms with E-state index in [4.69, 9.17) is 0 Å². The number of hydrogen-bond acceptors (Lipinski definition) is 4. The van der Waals surface area contributed by atoms with E-state index in [1.54, 1.807) is 19.1 Å². The van der Waals surface area contributed by atoms with E-state index in [1.807, 2.05) is 17.0 Å². The fourth-order valence-electron chi connectivity index (χ4n) is 3.02. The fraction of sp³-hybridized carbons (Fsp3) is 0.316. The first kappa shape index (κ1) is 19.2. The molecule has 2 aromatic carbocycles. The van der Waals surface area contributed by atoms with Crippen LogP contribution in [0.25, 0.3) is 0 Å². The van der Waals surface area contributed by atoms with Gasteiger partial charge in [0.05, 0.1) is 4.90 Å². The smallest absolute Gasteiger partial charge is 0.261 e. The normalized spacial score (nSPS) is 14.9.